The Bertz CT molecular complexity index is 425. The second-order valence-electron chi connectivity index (χ2n) is 3.90. The van der Waals surface area contributed by atoms with Crippen molar-refractivity contribution in [3.8, 4) is 0 Å². The van der Waals surface area contributed by atoms with Crippen LogP contribution in [0, 0.1) is 0 Å². The molecule has 4 nitrogen and oxygen atoms in total. The molecule has 86 valence electrons. The molecule has 2 heterocycles. The van der Waals surface area contributed by atoms with Crippen LogP contribution in [0.15, 0.2) is 11.5 Å². The normalized spacial score (nSPS) is 17.9. The molecule has 0 saturated heterocycles. The first-order chi connectivity index (χ1) is 7.68. The van der Waals surface area contributed by atoms with Crippen LogP contribution in [0.2, 0.25) is 0 Å². The number of nitrogens with two attached hydrogens (primary N) is 1. The Hall–Kier alpha value is -1.20. The Morgan fingerprint density at radius 2 is 2.50 bits per heavy atom. The zero-order chi connectivity index (χ0) is 11.5. The van der Waals surface area contributed by atoms with Crippen LogP contribution in [-0.2, 0) is 4.79 Å². The molecular formula is C11H15N3OS. The van der Waals surface area contributed by atoms with Gasteiger partial charge in [0.1, 0.15) is 5.01 Å². The summed E-state index contributed by atoms with van der Waals surface area (Å²) in [5, 5.41) is 6.21. The zero-order valence-corrected chi connectivity index (χ0v) is 10.0. The van der Waals surface area contributed by atoms with Crippen LogP contribution in [0.3, 0.4) is 0 Å². The number of nitrogens with one attached hydrogen (secondary N) is 1. The van der Waals surface area contributed by atoms with Crippen LogP contribution >= 0.6 is 11.3 Å². The number of rotatable bonds is 3. The van der Waals surface area contributed by atoms with E-state index in [2.05, 4.69) is 16.4 Å². The molecule has 0 saturated carbocycles. The summed E-state index contributed by atoms with van der Waals surface area (Å²) in [6.45, 7) is 3.67. The number of hydrogen-bond donors (Lipinski definition) is 2. The summed E-state index contributed by atoms with van der Waals surface area (Å²) in [7, 11) is 0. The van der Waals surface area contributed by atoms with Gasteiger partial charge < -0.3 is 11.1 Å². The monoisotopic (exact) mass is 237 g/mol. The molecule has 1 unspecified atom stereocenters. The van der Waals surface area contributed by atoms with Crippen molar-refractivity contribution in [2.75, 3.05) is 13.1 Å². The molecule has 0 aromatic carbocycles. The van der Waals surface area contributed by atoms with Crippen molar-refractivity contribution in [2.24, 2.45) is 5.73 Å². The van der Waals surface area contributed by atoms with Crippen molar-refractivity contribution in [1.82, 2.24) is 10.3 Å². The first-order valence-corrected chi connectivity index (χ1v) is 6.21. The second kappa shape index (κ2) is 4.76. The molecule has 1 atom stereocenters. The topological polar surface area (TPSA) is 68.0 Å². The molecule has 1 amide bonds. The van der Waals surface area contributed by atoms with Crippen LogP contribution in [0.1, 0.15) is 30.0 Å². The highest BCUT2D eigenvalue weighted by Crippen LogP contribution is 2.24. The molecule has 0 radical (unpaired) electrons. The highest BCUT2D eigenvalue weighted by atomic mass is 32.1. The average Bonchev–Trinajstić information content (AvgIpc) is 2.78. The van der Waals surface area contributed by atoms with Crippen molar-refractivity contribution in [3.63, 3.8) is 0 Å². The summed E-state index contributed by atoms with van der Waals surface area (Å²) >= 11 is 1.57. The smallest absolute Gasteiger partial charge is 0.226 e. The van der Waals surface area contributed by atoms with Gasteiger partial charge in [-0.05, 0) is 25.5 Å². The Morgan fingerprint density at radius 1 is 1.69 bits per heavy atom. The first kappa shape index (κ1) is 11.3. The molecule has 0 fully saturated rings. The number of aromatic nitrogens is 1. The van der Waals surface area contributed by atoms with Crippen molar-refractivity contribution < 1.29 is 4.79 Å². The Kier molecular flexibility index (Phi) is 3.36. The SMILES string of the molecule is CC(C(N)=O)c1csc(C2=CCCNC2)n1. The third-order valence-corrected chi connectivity index (χ3v) is 3.63. The van der Waals surface area contributed by atoms with Crippen LogP contribution in [0.4, 0.5) is 0 Å². The molecule has 2 rings (SSSR count). The summed E-state index contributed by atoms with van der Waals surface area (Å²) in [4.78, 5) is 15.5. The fourth-order valence-corrected chi connectivity index (χ4v) is 2.54. The summed E-state index contributed by atoms with van der Waals surface area (Å²) in [6, 6.07) is 0. The largest absolute Gasteiger partial charge is 0.369 e. The van der Waals surface area contributed by atoms with Gasteiger partial charge in [0.2, 0.25) is 5.91 Å². The molecule has 1 aromatic rings. The Labute approximate surface area is 98.6 Å². The number of nitrogens with zero attached hydrogens (tertiary/aromatic N) is 1. The standard InChI is InChI=1S/C11H15N3OS/c1-7(10(12)15)9-6-16-11(14-9)8-3-2-4-13-5-8/h3,6-7,13H,2,4-5H2,1H3,(H2,12,15). The molecule has 5 heteroatoms. The summed E-state index contributed by atoms with van der Waals surface area (Å²) < 4.78 is 0. The minimum atomic E-state index is -0.326. The lowest BCUT2D eigenvalue weighted by molar-refractivity contribution is -0.119. The molecule has 1 aliphatic rings. The van der Waals surface area contributed by atoms with Gasteiger partial charge in [-0.2, -0.15) is 0 Å². The highest BCUT2D eigenvalue weighted by molar-refractivity contribution is 7.10. The molecule has 0 spiro atoms. The number of carbonyl (C=O) groups is 1. The van der Waals surface area contributed by atoms with Gasteiger partial charge >= 0.3 is 0 Å². The quantitative estimate of drug-likeness (QED) is 0.827. The maximum atomic E-state index is 11.0. The fourth-order valence-electron chi connectivity index (χ4n) is 1.58. The van der Waals surface area contributed by atoms with Gasteiger partial charge in [-0.25, -0.2) is 4.98 Å². The lowest BCUT2D eigenvalue weighted by Crippen LogP contribution is -2.21. The van der Waals surface area contributed by atoms with E-state index in [1.54, 1.807) is 18.3 Å². The lowest BCUT2D eigenvalue weighted by atomic mass is 10.1. The van der Waals surface area contributed by atoms with Gasteiger partial charge in [0.25, 0.3) is 0 Å². The van der Waals surface area contributed by atoms with Gasteiger partial charge in [-0.15, -0.1) is 11.3 Å². The number of hydrogen-bond acceptors (Lipinski definition) is 4. The van der Waals surface area contributed by atoms with Crippen LogP contribution in [-0.4, -0.2) is 24.0 Å². The van der Waals surface area contributed by atoms with E-state index >= 15 is 0 Å². The fraction of sp³-hybridized carbons (Fsp3) is 0.455. The first-order valence-electron chi connectivity index (χ1n) is 5.33. The second-order valence-corrected chi connectivity index (χ2v) is 4.75. The third-order valence-electron chi connectivity index (χ3n) is 2.69. The molecule has 3 N–H and O–H groups in total. The average molecular weight is 237 g/mol. The zero-order valence-electron chi connectivity index (χ0n) is 9.19. The predicted molar refractivity (Wildman–Crippen MR) is 65.2 cm³/mol. The predicted octanol–water partition coefficient (Wildman–Crippen LogP) is 1.11. The Morgan fingerprint density at radius 3 is 3.12 bits per heavy atom. The van der Waals surface area contributed by atoms with E-state index in [9.17, 15) is 4.79 Å². The van der Waals surface area contributed by atoms with Crippen molar-refractivity contribution in [2.45, 2.75) is 19.3 Å². The van der Waals surface area contributed by atoms with Crippen LogP contribution in [0.5, 0.6) is 0 Å². The third kappa shape index (κ3) is 2.31. The van der Waals surface area contributed by atoms with Crippen LogP contribution < -0.4 is 11.1 Å². The number of carbonyl (C=O) groups excluding carboxylic acids is 1. The minimum absolute atomic E-state index is 0.304. The van der Waals surface area contributed by atoms with Gasteiger partial charge in [0, 0.05) is 11.9 Å². The maximum Gasteiger partial charge on any atom is 0.226 e. The molecule has 1 aromatic heterocycles. The molecule has 0 bridgehead atoms. The van der Waals surface area contributed by atoms with Crippen molar-refractivity contribution >= 4 is 22.8 Å². The number of thiazole rings is 1. The van der Waals surface area contributed by atoms with Gasteiger partial charge in [0.15, 0.2) is 0 Å². The van der Waals surface area contributed by atoms with Gasteiger partial charge in [-0.3, -0.25) is 4.79 Å². The Balaban J connectivity index is 2.19. The molecule has 1 aliphatic heterocycles. The molecular weight excluding hydrogens is 222 g/mol. The van der Waals surface area contributed by atoms with Crippen molar-refractivity contribution in [3.05, 3.63) is 22.2 Å². The van der Waals surface area contributed by atoms with Crippen molar-refractivity contribution in [1.29, 1.82) is 0 Å². The summed E-state index contributed by atoms with van der Waals surface area (Å²) in [6.07, 6.45) is 3.24. The molecule has 0 aliphatic carbocycles. The highest BCUT2D eigenvalue weighted by Gasteiger charge is 2.17. The molecule has 16 heavy (non-hydrogen) atoms. The van der Waals surface area contributed by atoms with E-state index < -0.39 is 0 Å². The minimum Gasteiger partial charge on any atom is -0.369 e. The summed E-state index contributed by atoms with van der Waals surface area (Å²) in [5.41, 5.74) is 7.25. The maximum absolute atomic E-state index is 11.0. The van der Waals surface area contributed by atoms with E-state index in [0.29, 0.717) is 0 Å². The van der Waals surface area contributed by atoms with E-state index in [1.807, 2.05) is 5.38 Å². The van der Waals surface area contributed by atoms with Crippen LogP contribution in [0.25, 0.3) is 5.57 Å². The number of amides is 1. The summed E-state index contributed by atoms with van der Waals surface area (Å²) in [5.74, 6) is -0.630. The van der Waals surface area contributed by atoms with E-state index in [1.165, 1.54) is 5.57 Å². The van der Waals surface area contributed by atoms with E-state index in [0.717, 1.165) is 30.2 Å². The number of primary amides is 1. The lowest BCUT2D eigenvalue weighted by Gasteiger charge is -2.11. The van der Waals surface area contributed by atoms with Gasteiger partial charge in [0.05, 0.1) is 11.6 Å². The van der Waals surface area contributed by atoms with E-state index in [-0.39, 0.29) is 11.8 Å². The van der Waals surface area contributed by atoms with E-state index in [4.69, 9.17) is 5.73 Å². The van der Waals surface area contributed by atoms with Gasteiger partial charge in [-0.1, -0.05) is 6.08 Å².